The Balaban J connectivity index is 1.11. The van der Waals surface area contributed by atoms with E-state index in [9.17, 15) is 19.2 Å². The predicted octanol–water partition coefficient (Wildman–Crippen LogP) is 5.98. The van der Waals surface area contributed by atoms with Gasteiger partial charge in [-0.1, -0.05) is 23.5 Å². The van der Waals surface area contributed by atoms with Crippen molar-refractivity contribution in [3.05, 3.63) is 120 Å². The molecule has 5 heterocycles. The van der Waals surface area contributed by atoms with Gasteiger partial charge in [0.05, 0.1) is 76.8 Å². The lowest BCUT2D eigenvalue weighted by atomic mass is 9.95. The van der Waals surface area contributed by atoms with Crippen molar-refractivity contribution >= 4 is 74.2 Å². The molecule has 0 N–H and O–H groups in total. The van der Waals surface area contributed by atoms with E-state index in [2.05, 4.69) is 4.99 Å². The maximum Gasteiger partial charge on any atom is 0.338 e. The number of amides is 2. The Labute approximate surface area is 324 Å². The Kier molecular flexibility index (Phi) is 9.40. The van der Waals surface area contributed by atoms with Crippen LogP contribution in [0.1, 0.15) is 51.9 Å². The third kappa shape index (κ3) is 6.21. The highest BCUT2D eigenvalue weighted by atomic mass is 32.2. The molecule has 0 spiro atoms. The molecule has 0 unspecified atom stereocenters. The molecule has 1 atom stereocenters. The van der Waals surface area contributed by atoms with Crippen molar-refractivity contribution < 1.29 is 37.7 Å². The van der Waals surface area contributed by atoms with E-state index in [1.165, 1.54) is 53.9 Å². The zero-order valence-corrected chi connectivity index (χ0v) is 32.3. The summed E-state index contributed by atoms with van der Waals surface area (Å²) in [5.41, 5.74) is 2.70. The van der Waals surface area contributed by atoms with E-state index in [1.54, 1.807) is 86.7 Å². The summed E-state index contributed by atoms with van der Waals surface area (Å²) in [7, 11) is 4.47. The van der Waals surface area contributed by atoms with E-state index in [4.69, 9.17) is 28.3 Å². The molecule has 0 radical (unpaired) electrons. The molecule has 6 aromatic rings. The van der Waals surface area contributed by atoms with Crippen molar-refractivity contribution in [3.63, 3.8) is 0 Å². The zero-order chi connectivity index (χ0) is 38.5. The number of carbonyl (C=O) groups is 3. The number of allylic oxidation sites excluding steroid dienone is 1. The number of imide groups is 1. The second kappa shape index (κ2) is 14.4. The molecule has 3 aromatic carbocycles. The van der Waals surface area contributed by atoms with Crippen LogP contribution in [0.5, 0.6) is 17.2 Å². The van der Waals surface area contributed by atoms with Gasteiger partial charge in [-0.2, -0.15) is 0 Å². The largest absolute Gasteiger partial charge is 0.493 e. The van der Waals surface area contributed by atoms with Gasteiger partial charge in [0.15, 0.2) is 25.7 Å². The number of fused-ring (bicyclic) bond motifs is 3. The topological polar surface area (TPSA) is 152 Å². The summed E-state index contributed by atoms with van der Waals surface area (Å²) in [6.07, 6.45) is 1.64. The van der Waals surface area contributed by atoms with Crippen LogP contribution in [0.4, 0.5) is 5.69 Å². The fourth-order valence-electron chi connectivity index (χ4n) is 6.55. The summed E-state index contributed by atoms with van der Waals surface area (Å²) in [5, 5.41) is 0.536. The number of benzene rings is 3. The number of rotatable bonds is 10. The Hall–Kier alpha value is -5.97. The van der Waals surface area contributed by atoms with Gasteiger partial charge in [0.2, 0.25) is 5.75 Å². The summed E-state index contributed by atoms with van der Waals surface area (Å²) in [6.45, 7) is 3.55. The molecular formula is C39H30N4O9S3. The van der Waals surface area contributed by atoms with Crippen molar-refractivity contribution in [2.24, 2.45) is 4.99 Å². The van der Waals surface area contributed by atoms with Gasteiger partial charge < -0.3 is 23.4 Å². The highest BCUT2D eigenvalue weighted by Crippen LogP contribution is 2.43. The van der Waals surface area contributed by atoms with Crippen molar-refractivity contribution in [1.29, 1.82) is 0 Å². The van der Waals surface area contributed by atoms with E-state index < -0.39 is 12.0 Å². The molecular weight excluding hydrogens is 765 g/mol. The quantitative estimate of drug-likeness (QED) is 0.119. The number of ether oxygens (including phenoxy) is 4. The Morgan fingerprint density at radius 3 is 2.29 bits per heavy atom. The van der Waals surface area contributed by atoms with Gasteiger partial charge in [0, 0.05) is 6.08 Å². The number of aromatic nitrogens is 2. The van der Waals surface area contributed by atoms with Gasteiger partial charge in [-0.15, -0.1) is 11.3 Å². The summed E-state index contributed by atoms with van der Waals surface area (Å²) >= 11 is 3.87. The number of esters is 1. The first kappa shape index (κ1) is 36.0. The Bertz CT molecular complexity index is 2740. The molecule has 2 aliphatic heterocycles. The van der Waals surface area contributed by atoms with Crippen molar-refractivity contribution in [2.45, 2.75) is 29.3 Å². The molecule has 16 heteroatoms. The van der Waals surface area contributed by atoms with E-state index in [1.807, 2.05) is 0 Å². The van der Waals surface area contributed by atoms with E-state index in [-0.39, 0.29) is 29.6 Å². The van der Waals surface area contributed by atoms with Gasteiger partial charge in [0.1, 0.15) is 5.76 Å². The predicted molar refractivity (Wildman–Crippen MR) is 207 cm³/mol. The van der Waals surface area contributed by atoms with Crippen LogP contribution in [0.2, 0.25) is 0 Å². The van der Waals surface area contributed by atoms with Gasteiger partial charge in [-0.05, 0) is 85.8 Å². The first-order valence-electron chi connectivity index (χ1n) is 16.8. The fraction of sp³-hybridized carbons (Fsp3) is 0.179. The number of anilines is 1. The lowest BCUT2D eigenvalue weighted by molar-refractivity contribution is -0.139. The average molecular weight is 795 g/mol. The number of hydrogen-bond acceptors (Lipinski definition) is 14. The van der Waals surface area contributed by atoms with Crippen molar-refractivity contribution in [1.82, 2.24) is 9.55 Å². The first-order valence-corrected chi connectivity index (χ1v) is 19.2. The fourth-order valence-corrected chi connectivity index (χ4v) is 9.58. The lowest BCUT2D eigenvalue weighted by Crippen LogP contribution is -2.40. The minimum atomic E-state index is -0.912. The third-order valence-electron chi connectivity index (χ3n) is 8.99. The highest BCUT2D eigenvalue weighted by Gasteiger charge is 2.37. The monoisotopic (exact) mass is 794 g/mol. The van der Waals surface area contributed by atoms with Crippen LogP contribution in [0.25, 0.3) is 16.3 Å². The molecule has 13 nitrogen and oxygen atoms in total. The number of furan rings is 1. The molecule has 0 saturated carbocycles. The number of thiazole rings is 2. The van der Waals surface area contributed by atoms with Gasteiger partial charge >= 0.3 is 5.97 Å². The molecule has 8 rings (SSSR count). The normalized spacial score (nSPS) is 15.3. The summed E-state index contributed by atoms with van der Waals surface area (Å²) in [4.78, 5) is 64.6. The van der Waals surface area contributed by atoms with Crippen LogP contribution in [0.3, 0.4) is 0 Å². The molecule has 0 bridgehead atoms. The zero-order valence-electron chi connectivity index (χ0n) is 29.9. The Morgan fingerprint density at radius 1 is 0.927 bits per heavy atom. The number of nitrogens with zero attached hydrogens (tertiary/aromatic N) is 4. The Morgan fingerprint density at radius 2 is 1.64 bits per heavy atom. The van der Waals surface area contributed by atoms with E-state index in [0.29, 0.717) is 75.4 Å². The molecule has 0 saturated heterocycles. The first-order chi connectivity index (χ1) is 26.6. The van der Waals surface area contributed by atoms with Crippen LogP contribution in [0, 0.1) is 0 Å². The molecule has 55 heavy (non-hydrogen) atoms. The molecule has 0 aliphatic carbocycles. The highest BCUT2D eigenvalue weighted by molar-refractivity contribution is 8.01. The minimum absolute atomic E-state index is 0.134. The van der Waals surface area contributed by atoms with Gasteiger partial charge in [-0.3, -0.25) is 19.0 Å². The minimum Gasteiger partial charge on any atom is -0.493 e. The molecule has 0 fully saturated rings. The maximum absolute atomic E-state index is 14.2. The van der Waals surface area contributed by atoms with E-state index >= 15 is 0 Å². The second-order valence-corrected chi connectivity index (χ2v) is 15.4. The summed E-state index contributed by atoms with van der Waals surface area (Å²) in [6, 6.07) is 18.1. The van der Waals surface area contributed by atoms with Gasteiger partial charge in [-0.25, -0.2) is 19.7 Å². The van der Waals surface area contributed by atoms with Crippen molar-refractivity contribution in [3.8, 4) is 17.2 Å². The van der Waals surface area contributed by atoms with Gasteiger partial charge in [0.25, 0.3) is 17.4 Å². The number of hydrogen-bond donors (Lipinski definition) is 0. The maximum atomic E-state index is 14.2. The van der Waals surface area contributed by atoms with Crippen LogP contribution >= 0.6 is 34.4 Å². The summed E-state index contributed by atoms with van der Waals surface area (Å²) < 4.78 is 31.5. The molecule has 278 valence electrons. The smallest absolute Gasteiger partial charge is 0.338 e. The van der Waals surface area contributed by atoms with Crippen LogP contribution in [0.15, 0.2) is 102 Å². The SMILES string of the molecule is CCOC(=O)C1=C(C)N=c2s/c(=C\c3ccc(Sc4nc5ccc(N6C(=O)c7ccccc7C6=O)cc5s4)o3)c(=O)n2[C@H]1c1cc(OC)c(OC)c(OC)c1. The van der Waals surface area contributed by atoms with E-state index in [0.717, 1.165) is 16.0 Å². The van der Waals surface area contributed by atoms with Crippen LogP contribution in [-0.2, 0) is 9.53 Å². The van der Waals surface area contributed by atoms with Crippen molar-refractivity contribution in [2.75, 3.05) is 32.8 Å². The standard InChI is InChI=1S/C39H30N4O9S3/c1-6-51-37(47)31-19(2)40-38-43(32(31)20-15-26(48-3)33(50-5)27(16-20)49-4)36(46)29(53-38)18-22-12-14-30(52-22)55-39-41-25-13-11-21(17-28(25)54-39)42-34(44)23-9-7-8-10-24(23)35(42)45/h7-18,32H,6H2,1-5H3/b29-18-/t32-/m0/s1. The van der Waals surface area contributed by atoms with Crippen LogP contribution < -0.4 is 34.0 Å². The average Bonchev–Trinajstić information content (AvgIpc) is 3.94. The second-order valence-electron chi connectivity index (χ2n) is 12.1. The third-order valence-corrected chi connectivity index (χ3v) is 12.0. The summed E-state index contributed by atoms with van der Waals surface area (Å²) in [5.74, 6) is 0.180. The molecule has 3 aromatic heterocycles. The number of methoxy groups -OCH3 is 3. The molecule has 2 amide bonds. The number of carbonyl (C=O) groups excluding carboxylic acids is 3. The molecule has 2 aliphatic rings. The lowest BCUT2D eigenvalue weighted by Gasteiger charge is -2.26. The van der Waals surface area contributed by atoms with Crippen LogP contribution in [-0.4, -0.2) is 55.3 Å².